The Bertz CT molecular complexity index is 873. The number of rotatable bonds is 4. The molecule has 4 heterocycles. The Morgan fingerprint density at radius 3 is 2.80 bits per heavy atom. The first-order chi connectivity index (χ1) is 14.2. The van der Waals surface area contributed by atoms with Crippen molar-refractivity contribution in [3.63, 3.8) is 0 Å². The zero-order valence-corrected chi connectivity index (χ0v) is 18.4. The van der Waals surface area contributed by atoms with Crippen molar-refractivity contribution in [1.82, 2.24) is 19.7 Å². The van der Waals surface area contributed by atoms with E-state index in [1.54, 1.807) is 0 Å². The smallest absolute Gasteiger partial charge is 0.260 e. The van der Waals surface area contributed by atoms with Crippen molar-refractivity contribution in [2.45, 2.75) is 77.4 Å². The van der Waals surface area contributed by atoms with Crippen molar-refractivity contribution in [2.24, 2.45) is 5.92 Å². The summed E-state index contributed by atoms with van der Waals surface area (Å²) in [5.41, 5.74) is 3.18. The molecule has 0 bridgehead atoms. The van der Waals surface area contributed by atoms with Crippen molar-refractivity contribution < 1.29 is 8.78 Å². The van der Waals surface area contributed by atoms with Gasteiger partial charge in [0.15, 0.2) is 0 Å². The fraction of sp³-hybridized carbons (Fsp3) is 0.652. The van der Waals surface area contributed by atoms with Gasteiger partial charge in [-0.3, -0.25) is 9.88 Å². The number of piperidine rings is 1. The first-order valence-corrected chi connectivity index (χ1v) is 11.0. The number of fused-ring (bicyclic) bond motifs is 1. The van der Waals surface area contributed by atoms with E-state index in [1.807, 2.05) is 18.5 Å². The van der Waals surface area contributed by atoms with Crippen LogP contribution in [0.3, 0.4) is 0 Å². The second-order valence-corrected chi connectivity index (χ2v) is 9.94. The summed E-state index contributed by atoms with van der Waals surface area (Å²) >= 11 is 0. The Hall–Kier alpha value is -2.02. The summed E-state index contributed by atoms with van der Waals surface area (Å²) in [7, 11) is 0. The predicted octanol–water partition coefficient (Wildman–Crippen LogP) is 4.79. The number of nitrogens with zero attached hydrogens (tertiary/aromatic N) is 4. The van der Waals surface area contributed by atoms with Crippen LogP contribution in [-0.2, 0) is 12.0 Å². The zero-order chi connectivity index (χ0) is 21.5. The van der Waals surface area contributed by atoms with E-state index in [4.69, 9.17) is 0 Å². The average molecular weight is 418 g/mol. The van der Waals surface area contributed by atoms with Gasteiger partial charge in [-0.2, -0.15) is 5.10 Å². The highest BCUT2D eigenvalue weighted by Crippen LogP contribution is 2.38. The molecule has 2 aromatic rings. The van der Waals surface area contributed by atoms with Crippen molar-refractivity contribution in [3.8, 4) is 0 Å². The van der Waals surface area contributed by atoms with Gasteiger partial charge >= 0.3 is 0 Å². The molecule has 0 aliphatic carbocycles. The van der Waals surface area contributed by atoms with Crippen LogP contribution in [0.1, 0.15) is 62.9 Å². The van der Waals surface area contributed by atoms with E-state index in [0.717, 1.165) is 44.0 Å². The van der Waals surface area contributed by atoms with E-state index in [-0.39, 0.29) is 11.5 Å². The van der Waals surface area contributed by atoms with E-state index in [9.17, 15) is 8.78 Å². The van der Waals surface area contributed by atoms with Crippen LogP contribution in [0.5, 0.6) is 0 Å². The minimum absolute atomic E-state index is 0.0438. The van der Waals surface area contributed by atoms with Crippen LogP contribution in [0.25, 0.3) is 0 Å². The lowest BCUT2D eigenvalue weighted by Crippen LogP contribution is -2.46. The fourth-order valence-electron chi connectivity index (χ4n) is 4.73. The first kappa shape index (κ1) is 21.2. The summed E-state index contributed by atoms with van der Waals surface area (Å²) in [5.74, 6) is 1.09. The fourth-order valence-corrected chi connectivity index (χ4v) is 4.73. The number of likely N-dealkylation sites (tertiary alicyclic amines) is 1. The summed E-state index contributed by atoms with van der Waals surface area (Å²) in [4.78, 5) is 6.64. The maximum Gasteiger partial charge on any atom is 0.260 e. The Kier molecular flexibility index (Phi) is 5.84. The lowest BCUT2D eigenvalue weighted by atomic mass is 9.85. The molecule has 164 valence electrons. The molecule has 3 atom stereocenters. The lowest BCUT2D eigenvalue weighted by Gasteiger charge is -2.41. The van der Waals surface area contributed by atoms with Crippen molar-refractivity contribution in [2.75, 3.05) is 18.4 Å². The maximum atomic E-state index is 13.9. The Labute approximate surface area is 177 Å². The molecule has 2 aliphatic heterocycles. The van der Waals surface area contributed by atoms with E-state index < -0.39 is 12.5 Å². The van der Waals surface area contributed by atoms with Crippen LogP contribution in [0.4, 0.5) is 14.6 Å². The molecule has 2 aromatic heterocycles. The third-order valence-corrected chi connectivity index (χ3v) is 6.58. The number of hydrogen-bond donors (Lipinski definition) is 1. The van der Waals surface area contributed by atoms with Crippen LogP contribution in [-0.4, -0.2) is 45.2 Å². The number of halogens is 2. The highest BCUT2D eigenvalue weighted by atomic mass is 19.3. The van der Waals surface area contributed by atoms with Crippen molar-refractivity contribution >= 4 is 5.82 Å². The molecule has 1 fully saturated rings. The SMILES string of the molecule is Cc1cnccc1CN1CCC[C@H]([C@H]2C[C@@H](C(F)F)n3nc(C(C)(C)C)cc3N2)C1. The quantitative estimate of drug-likeness (QED) is 0.777. The monoisotopic (exact) mass is 417 g/mol. The van der Waals surface area contributed by atoms with Gasteiger partial charge in [-0.05, 0) is 55.8 Å². The topological polar surface area (TPSA) is 46.0 Å². The highest BCUT2D eigenvalue weighted by molar-refractivity contribution is 5.43. The molecule has 0 spiro atoms. The molecule has 2 aliphatic rings. The highest BCUT2D eigenvalue weighted by Gasteiger charge is 2.39. The summed E-state index contributed by atoms with van der Waals surface area (Å²) < 4.78 is 29.4. The van der Waals surface area contributed by atoms with E-state index in [2.05, 4.69) is 54.1 Å². The Morgan fingerprint density at radius 1 is 1.30 bits per heavy atom. The van der Waals surface area contributed by atoms with Gasteiger partial charge in [0, 0.05) is 43.0 Å². The zero-order valence-electron chi connectivity index (χ0n) is 18.4. The van der Waals surface area contributed by atoms with Gasteiger partial charge in [0.25, 0.3) is 6.43 Å². The molecule has 0 radical (unpaired) electrons. The van der Waals surface area contributed by atoms with E-state index in [1.165, 1.54) is 15.8 Å². The summed E-state index contributed by atoms with van der Waals surface area (Å²) in [5, 5.41) is 8.11. The van der Waals surface area contributed by atoms with Gasteiger partial charge in [0.05, 0.1) is 5.69 Å². The second kappa shape index (κ2) is 8.25. The van der Waals surface area contributed by atoms with Gasteiger partial charge in [0.2, 0.25) is 0 Å². The molecular weight excluding hydrogens is 384 g/mol. The second-order valence-electron chi connectivity index (χ2n) is 9.94. The van der Waals surface area contributed by atoms with Gasteiger partial charge in [-0.15, -0.1) is 0 Å². The van der Waals surface area contributed by atoms with E-state index >= 15 is 0 Å². The number of anilines is 1. The Morgan fingerprint density at radius 2 is 2.10 bits per heavy atom. The maximum absolute atomic E-state index is 13.9. The first-order valence-electron chi connectivity index (χ1n) is 11.0. The van der Waals surface area contributed by atoms with Crippen LogP contribution in [0.2, 0.25) is 0 Å². The van der Waals surface area contributed by atoms with Gasteiger partial charge in [-0.25, -0.2) is 13.5 Å². The van der Waals surface area contributed by atoms with Crippen LogP contribution >= 0.6 is 0 Å². The molecule has 0 amide bonds. The minimum atomic E-state index is -2.42. The normalized spacial score (nSPS) is 25.2. The number of hydrogen-bond acceptors (Lipinski definition) is 4. The van der Waals surface area contributed by atoms with Crippen LogP contribution < -0.4 is 5.32 Å². The van der Waals surface area contributed by atoms with Crippen LogP contribution in [0.15, 0.2) is 24.5 Å². The average Bonchev–Trinajstić information content (AvgIpc) is 3.14. The molecule has 7 heteroatoms. The van der Waals surface area contributed by atoms with Gasteiger partial charge in [0.1, 0.15) is 11.9 Å². The molecule has 1 saturated heterocycles. The van der Waals surface area contributed by atoms with Gasteiger partial charge in [-0.1, -0.05) is 20.8 Å². The molecule has 5 nitrogen and oxygen atoms in total. The standard InChI is InChI=1S/C23H33F2N5/c1-15-12-26-8-7-16(15)13-29-9-5-6-17(14-29)18-10-19(22(24)25)30-21(27-18)11-20(28-30)23(2,3)4/h7-8,11-12,17-19,22,27H,5-6,9-10,13-14H2,1-4H3/t17-,18+,19-/m0/s1. The predicted molar refractivity (Wildman–Crippen MR) is 115 cm³/mol. The third kappa shape index (κ3) is 4.36. The molecule has 4 rings (SSSR count). The number of pyridine rings is 1. The Balaban J connectivity index is 1.51. The van der Waals surface area contributed by atoms with Gasteiger partial charge < -0.3 is 5.32 Å². The molecule has 1 N–H and O–H groups in total. The van der Waals surface area contributed by atoms with Crippen molar-refractivity contribution in [3.05, 3.63) is 41.3 Å². The molecule has 30 heavy (non-hydrogen) atoms. The number of nitrogens with one attached hydrogen (secondary N) is 1. The summed E-state index contributed by atoms with van der Waals surface area (Å²) in [6.45, 7) is 11.2. The summed E-state index contributed by atoms with van der Waals surface area (Å²) in [6.07, 6.45) is 3.91. The summed E-state index contributed by atoms with van der Waals surface area (Å²) in [6, 6.07) is 3.22. The lowest BCUT2D eigenvalue weighted by molar-refractivity contribution is 0.0550. The van der Waals surface area contributed by atoms with E-state index in [0.29, 0.717) is 12.3 Å². The molecule has 0 saturated carbocycles. The largest absolute Gasteiger partial charge is 0.367 e. The molecule has 0 aromatic carbocycles. The number of aromatic nitrogens is 3. The van der Waals surface area contributed by atoms with Crippen molar-refractivity contribution in [1.29, 1.82) is 0 Å². The number of aryl methyl sites for hydroxylation is 1. The third-order valence-electron chi connectivity index (χ3n) is 6.58. The minimum Gasteiger partial charge on any atom is -0.367 e. The molecule has 0 unspecified atom stereocenters. The number of alkyl halides is 2. The molecular formula is C23H33F2N5. The van der Waals surface area contributed by atoms with Crippen LogP contribution in [0, 0.1) is 12.8 Å².